The largest absolute Gasteiger partial charge is 0.497 e. The molecular formula is C16H9F3O4. The van der Waals surface area contributed by atoms with Crippen LogP contribution in [0.1, 0.15) is 10.4 Å². The van der Waals surface area contributed by atoms with Crippen LogP contribution in [-0.2, 0) is 0 Å². The predicted octanol–water partition coefficient (Wildman–Crippen LogP) is 4.22. The van der Waals surface area contributed by atoms with Crippen LogP contribution in [0.25, 0.3) is 22.3 Å². The van der Waals surface area contributed by atoms with Gasteiger partial charge in [0.2, 0.25) is 0 Å². The molecule has 3 rings (SSSR count). The standard InChI is InChI=1S/C16H9F3O4/c1-22-7-2-3-13-9(4-7)14(16(20)21)15(23-13)8-5-11(18)12(19)6-10(8)17/h2-6H,1H3,(H,20,21). The lowest BCUT2D eigenvalue weighted by molar-refractivity contribution is 0.0699. The average molecular weight is 322 g/mol. The Morgan fingerprint density at radius 2 is 1.78 bits per heavy atom. The molecule has 0 saturated heterocycles. The summed E-state index contributed by atoms with van der Waals surface area (Å²) >= 11 is 0. The van der Waals surface area contributed by atoms with Gasteiger partial charge in [-0.05, 0) is 24.3 Å². The second kappa shape index (κ2) is 5.35. The summed E-state index contributed by atoms with van der Waals surface area (Å²) in [6, 6.07) is 5.28. The summed E-state index contributed by atoms with van der Waals surface area (Å²) in [4.78, 5) is 11.5. The monoisotopic (exact) mass is 322 g/mol. The van der Waals surface area contributed by atoms with Gasteiger partial charge in [0.05, 0.1) is 12.7 Å². The Morgan fingerprint density at radius 3 is 2.43 bits per heavy atom. The third kappa shape index (κ3) is 2.40. The zero-order valence-corrected chi connectivity index (χ0v) is 11.7. The highest BCUT2D eigenvalue weighted by atomic mass is 19.2. The van der Waals surface area contributed by atoms with E-state index in [9.17, 15) is 23.1 Å². The molecule has 4 nitrogen and oxygen atoms in total. The van der Waals surface area contributed by atoms with E-state index >= 15 is 0 Å². The van der Waals surface area contributed by atoms with Gasteiger partial charge in [0.25, 0.3) is 0 Å². The number of hydrogen-bond donors (Lipinski definition) is 1. The summed E-state index contributed by atoms with van der Waals surface area (Å²) in [6.45, 7) is 0. The normalized spacial score (nSPS) is 11.0. The Labute approximate surface area is 127 Å². The van der Waals surface area contributed by atoms with Crippen LogP contribution in [-0.4, -0.2) is 18.2 Å². The highest BCUT2D eigenvalue weighted by Crippen LogP contribution is 2.37. The summed E-state index contributed by atoms with van der Waals surface area (Å²) in [5.74, 6) is -5.22. The van der Waals surface area contributed by atoms with Crippen LogP contribution in [0.3, 0.4) is 0 Å². The molecule has 0 aliphatic heterocycles. The van der Waals surface area contributed by atoms with E-state index in [4.69, 9.17) is 9.15 Å². The summed E-state index contributed by atoms with van der Waals surface area (Å²) in [5, 5.41) is 9.56. The number of benzene rings is 2. The van der Waals surface area contributed by atoms with E-state index in [1.165, 1.54) is 25.3 Å². The fourth-order valence-electron chi connectivity index (χ4n) is 2.30. The van der Waals surface area contributed by atoms with E-state index in [0.717, 1.165) is 0 Å². The van der Waals surface area contributed by atoms with Gasteiger partial charge in [0.1, 0.15) is 22.7 Å². The van der Waals surface area contributed by atoms with E-state index in [-0.39, 0.29) is 16.5 Å². The first-order valence-electron chi connectivity index (χ1n) is 6.41. The van der Waals surface area contributed by atoms with Gasteiger partial charge in [0, 0.05) is 11.5 Å². The van der Waals surface area contributed by atoms with Gasteiger partial charge in [0.15, 0.2) is 17.4 Å². The predicted molar refractivity (Wildman–Crippen MR) is 75.0 cm³/mol. The van der Waals surface area contributed by atoms with E-state index < -0.39 is 34.7 Å². The summed E-state index contributed by atoms with van der Waals surface area (Å²) in [5.41, 5.74) is -0.678. The van der Waals surface area contributed by atoms with Crippen LogP contribution in [0.5, 0.6) is 5.75 Å². The fourth-order valence-corrected chi connectivity index (χ4v) is 2.30. The quantitative estimate of drug-likeness (QED) is 0.733. The summed E-state index contributed by atoms with van der Waals surface area (Å²) in [6.07, 6.45) is 0. The zero-order chi connectivity index (χ0) is 16.7. The first-order chi connectivity index (χ1) is 10.9. The highest BCUT2D eigenvalue weighted by Gasteiger charge is 2.25. The molecule has 7 heteroatoms. The number of carbonyl (C=O) groups is 1. The second-order valence-electron chi connectivity index (χ2n) is 4.72. The zero-order valence-electron chi connectivity index (χ0n) is 11.7. The number of carboxylic acids is 1. The molecule has 3 aromatic rings. The molecule has 1 heterocycles. The van der Waals surface area contributed by atoms with Gasteiger partial charge in [-0.25, -0.2) is 18.0 Å². The van der Waals surface area contributed by atoms with Crippen molar-refractivity contribution in [2.24, 2.45) is 0 Å². The second-order valence-corrected chi connectivity index (χ2v) is 4.72. The lowest BCUT2D eigenvalue weighted by Gasteiger charge is -2.03. The molecule has 1 aromatic heterocycles. The minimum atomic E-state index is -1.39. The van der Waals surface area contributed by atoms with E-state index in [0.29, 0.717) is 17.9 Å². The lowest BCUT2D eigenvalue weighted by Crippen LogP contribution is -1.99. The molecule has 0 unspecified atom stereocenters. The first-order valence-corrected chi connectivity index (χ1v) is 6.41. The topological polar surface area (TPSA) is 59.7 Å². The van der Waals surface area contributed by atoms with Crippen LogP contribution in [0.15, 0.2) is 34.7 Å². The Kier molecular flexibility index (Phi) is 3.48. The smallest absolute Gasteiger partial charge is 0.340 e. The molecule has 23 heavy (non-hydrogen) atoms. The van der Waals surface area contributed by atoms with Crippen LogP contribution < -0.4 is 4.74 Å². The van der Waals surface area contributed by atoms with Crippen LogP contribution in [0, 0.1) is 17.5 Å². The highest BCUT2D eigenvalue weighted by molar-refractivity contribution is 6.08. The van der Waals surface area contributed by atoms with Crippen molar-refractivity contribution in [1.82, 2.24) is 0 Å². The minimum Gasteiger partial charge on any atom is -0.497 e. The van der Waals surface area contributed by atoms with Crippen LogP contribution in [0.2, 0.25) is 0 Å². The number of carboxylic acid groups (broad SMARTS) is 1. The maximum atomic E-state index is 13.9. The number of rotatable bonds is 3. The number of ether oxygens (including phenoxy) is 1. The van der Waals surface area contributed by atoms with Crippen molar-refractivity contribution < 1.29 is 32.2 Å². The third-order valence-electron chi connectivity index (χ3n) is 3.36. The van der Waals surface area contributed by atoms with Crippen molar-refractivity contribution in [3.05, 3.63) is 53.3 Å². The number of methoxy groups -OCH3 is 1. The van der Waals surface area contributed by atoms with Gasteiger partial charge in [-0.3, -0.25) is 0 Å². The molecule has 0 amide bonds. The molecule has 1 N–H and O–H groups in total. The maximum Gasteiger partial charge on any atom is 0.340 e. The fraction of sp³-hybridized carbons (Fsp3) is 0.0625. The first kappa shape index (κ1) is 15.0. The number of aromatic carboxylic acids is 1. The number of fused-ring (bicyclic) bond motifs is 1. The number of furan rings is 1. The average Bonchev–Trinajstić information content (AvgIpc) is 2.88. The van der Waals surface area contributed by atoms with Gasteiger partial charge in [-0.15, -0.1) is 0 Å². The van der Waals surface area contributed by atoms with E-state index in [1.807, 2.05) is 0 Å². The number of hydrogen-bond acceptors (Lipinski definition) is 3. The number of halogens is 3. The lowest BCUT2D eigenvalue weighted by atomic mass is 10.0. The Morgan fingerprint density at radius 1 is 1.09 bits per heavy atom. The van der Waals surface area contributed by atoms with Crippen molar-refractivity contribution in [2.45, 2.75) is 0 Å². The summed E-state index contributed by atoms with van der Waals surface area (Å²) < 4.78 is 50.8. The van der Waals surface area contributed by atoms with Crippen molar-refractivity contribution in [3.63, 3.8) is 0 Å². The summed E-state index contributed by atoms with van der Waals surface area (Å²) in [7, 11) is 1.40. The van der Waals surface area contributed by atoms with Crippen molar-refractivity contribution in [3.8, 4) is 17.1 Å². The Hall–Kier alpha value is -2.96. The van der Waals surface area contributed by atoms with Gasteiger partial charge in [-0.1, -0.05) is 0 Å². The van der Waals surface area contributed by atoms with Crippen LogP contribution >= 0.6 is 0 Å². The SMILES string of the molecule is COc1ccc2oc(-c3cc(F)c(F)cc3F)c(C(=O)O)c2c1. The van der Waals surface area contributed by atoms with Crippen molar-refractivity contribution >= 4 is 16.9 Å². The molecule has 0 bridgehead atoms. The molecule has 0 spiro atoms. The Bertz CT molecular complexity index is 931. The molecular weight excluding hydrogens is 313 g/mol. The maximum absolute atomic E-state index is 13.9. The molecule has 0 atom stereocenters. The van der Waals surface area contributed by atoms with Crippen molar-refractivity contribution in [1.29, 1.82) is 0 Å². The molecule has 0 aliphatic rings. The molecule has 0 radical (unpaired) electrons. The minimum absolute atomic E-state index is 0.155. The molecule has 0 saturated carbocycles. The van der Waals surface area contributed by atoms with Crippen molar-refractivity contribution in [2.75, 3.05) is 7.11 Å². The van der Waals surface area contributed by atoms with E-state index in [1.54, 1.807) is 0 Å². The van der Waals surface area contributed by atoms with Gasteiger partial charge in [-0.2, -0.15) is 0 Å². The Balaban J connectivity index is 2.35. The molecule has 118 valence electrons. The molecule has 0 fully saturated rings. The van der Waals surface area contributed by atoms with Gasteiger partial charge >= 0.3 is 5.97 Å². The van der Waals surface area contributed by atoms with Gasteiger partial charge < -0.3 is 14.3 Å². The third-order valence-corrected chi connectivity index (χ3v) is 3.36. The molecule has 2 aromatic carbocycles. The van der Waals surface area contributed by atoms with E-state index in [2.05, 4.69) is 0 Å². The molecule has 0 aliphatic carbocycles. The van der Waals surface area contributed by atoms with Crippen LogP contribution in [0.4, 0.5) is 13.2 Å².